The lowest BCUT2D eigenvalue weighted by Crippen LogP contribution is -2.35. The highest BCUT2D eigenvalue weighted by molar-refractivity contribution is 5.99. The number of nitrogens with one attached hydrogen (secondary N) is 1. The molecule has 5 nitrogen and oxygen atoms in total. The first-order valence-corrected chi connectivity index (χ1v) is 9.13. The summed E-state index contributed by atoms with van der Waals surface area (Å²) in [6.07, 6.45) is 5.16. The van der Waals surface area contributed by atoms with Gasteiger partial charge in [0.2, 0.25) is 0 Å². The Hall–Kier alpha value is -2.87. The summed E-state index contributed by atoms with van der Waals surface area (Å²) in [6, 6.07) is 10.2. The molecule has 1 fully saturated rings. The Kier molecular flexibility index (Phi) is 5.52. The zero-order valence-electron chi connectivity index (χ0n) is 15.3. The molecule has 134 valence electrons. The second kappa shape index (κ2) is 8.01. The van der Waals surface area contributed by atoms with Gasteiger partial charge in [-0.3, -0.25) is 4.90 Å². The number of fused-ring (bicyclic) bond motifs is 1. The number of pyridine rings is 1. The highest BCUT2D eigenvalue weighted by Gasteiger charge is 2.24. The van der Waals surface area contributed by atoms with Crippen molar-refractivity contribution >= 4 is 28.8 Å². The molecule has 0 saturated carbocycles. The zero-order valence-corrected chi connectivity index (χ0v) is 15.3. The fourth-order valence-corrected chi connectivity index (χ4v) is 3.33. The molecule has 1 saturated heterocycles. The summed E-state index contributed by atoms with van der Waals surface area (Å²) < 4.78 is 5.00. The maximum atomic E-state index is 12.0. The summed E-state index contributed by atoms with van der Waals surface area (Å²) in [4.78, 5) is 17.9. The van der Waals surface area contributed by atoms with Gasteiger partial charge >= 0.3 is 5.97 Å². The minimum atomic E-state index is -0.580. The van der Waals surface area contributed by atoms with E-state index in [1.165, 1.54) is 12.0 Å². The van der Waals surface area contributed by atoms with Crippen LogP contribution in [0.4, 0.5) is 5.82 Å². The van der Waals surface area contributed by atoms with Crippen molar-refractivity contribution in [2.75, 3.05) is 24.6 Å². The topological polar surface area (TPSA) is 67.5 Å². The van der Waals surface area contributed by atoms with E-state index in [4.69, 9.17) is 4.74 Å². The normalized spacial score (nSPS) is 15.0. The van der Waals surface area contributed by atoms with Gasteiger partial charge in [-0.2, -0.15) is 5.26 Å². The van der Waals surface area contributed by atoms with Crippen LogP contribution < -0.4 is 9.88 Å². The molecule has 1 aromatic carbocycles. The average Bonchev–Trinajstić information content (AvgIpc) is 2.66. The summed E-state index contributed by atoms with van der Waals surface area (Å²) in [5.41, 5.74) is 3.10. The number of aryl methyl sites for hydroxylation is 1. The molecule has 5 heteroatoms. The van der Waals surface area contributed by atoms with E-state index in [0.29, 0.717) is 0 Å². The highest BCUT2D eigenvalue weighted by atomic mass is 16.5. The van der Waals surface area contributed by atoms with E-state index in [1.54, 1.807) is 13.0 Å². The summed E-state index contributed by atoms with van der Waals surface area (Å²) in [6.45, 7) is 5.99. The van der Waals surface area contributed by atoms with E-state index in [-0.39, 0.29) is 12.2 Å². The third-order valence-corrected chi connectivity index (χ3v) is 4.63. The van der Waals surface area contributed by atoms with Gasteiger partial charge in [-0.15, -0.1) is 0 Å². The third-order valence-electron chi connectivity index (χ3n) is 4.63. The molecule has 0 atom stereocenters. The lowest BCUT2D eigenvalue weighted by molar-refractivity contribution is -0.331. The number of hydrogen-bond acceptors (Lipinski definition) is 4. The van der Waals surface area contributed by atoms with Crippen molar-refractivity contribution in [3.8, 4) is 6.07 Å². The molecule has 1 aliphatic heterocycles. The Morgan fingerprint density at radius 3 is 2.77 bits per heavy atom. The first kappa shape index (κ1) is 17.9. The van der Waals surface area contributed by atoms with Gasteiger partial charge in [-0.05, 0) is 56.9 Å². The number of aromatic nitrogens is 1. The molecule has 0 spiro atoms. The molecule has 0 aliphatic carbocycles. The standard InChI is InChI=1S/C21H23N3O2/c1-3-26-21(25)18(14-22)13-17-12-16-8-7-15(2)11-19(16)23-20(17)24-9-5-4-6-10-24/h7-8,11-13H,3-6,9-10H2,1-2H3/p+1/b18-13+. The molecular formula is C21H24N3O2+. The Labute approximate surface area is 153 Å². The van der Waals surface area contributed by atoms with Crippen molar-refractivity contribution in [1.29, 1.82) is 5.26 Å². The van der Waals surface area contributed by atoms with Gasteiger partial charge in [-0.25, -0.2) is 9.78 Å². The predicted molar refractivity (Wildman–Crippen MR) is 102 cm³/mol. The van der Waals surface area contributed by atoms with Crippen molar-refractivity contribution < 1.29 is 14.5 Å². The molecule has 0 unspecified atom stereocenters. The molecule has 0 bridgehead atoms. The maximum Gasteiger partial charge on any atom is 0.348 e. The van der Waals surface area contributed by atoms with Crippen LogP contribution in [0.5, 0.6) is 0 Å². The van der Waals surface area contributed by atoms with Crippen LogP contribution in [-0.4, -0.2) is 25.7 Å². The first-order valence-electron chi connectivity index (χ1n) is 9.13. The van der Waals surface area contributed by atoms with Crippen LogP contribution in [0.1, 0.15) is 37.3 Å². The SMILES string of the molecule is CCOC(=O)/C(C#N)=C/c1cc2ccc(C)cc2[nH+]c1N1CCCCC1. The monoisotopic (exact) mass is 350 g/mol. The number of aromatic amines is 1. The fourth-order valence-electron chi connectivity index (χ4n) is 3.33. The number of piperidine rings is 1. The predicted octanol–water partition coefficient (Wildman–Crippen LogP) is 3.42. The number of H-pyrrole nitrogens is 1. The lowest BCUT2D eigenvalue weighted by atomic mass is 10.1. The Balaban J connectivity index is 2.13. The van der Waals surface area contributed by atoms with E-state index >= 15 is 0 Å². The number of nitriles is 1. The quantitative estimate of drug-likeness (QED) is 0.481. The largest absolute Gasteiger partial charge is 0.462 e. The van der Waals surface area contributed by atoms with Gasteiger partial charge in [0.15, 0.2) is 0 Å². The van der Waals surface area contributed by atoms with E-state index in [2.05, 4.69) is 35.0 Å². The van der Waals surface area contributed by atoms with Crippen LogP contribution in [0.3, 0.4) is 0 Å². The number of benzene rings is 1. The van der Waals surface area contributed by atoms with Gasteiger partial charge in [0.25, 0.3) is 5.82 Å². The Bertz CT molecular complexity index is 890. The van der Waals surface area contributed by atoms with Crippen molar-refractivity contribution in [2.24, 2.45) is 0 Å². The van der Waals surface area contributed by atoms with Crippen LogP contribution in [0.15, 0.2) is 29.8 Å². The minimum absolute atomic E-state index is 0.0185. The summed E-state index contributed by atoms with van der Waals surface area (Å²) >= 11 is 0. The van der Waals surface area contributed by atoms with Crippen LogP contribution in [0.2, 0.25) is 0 Å². The van der Waals surface area contributed by atoms with Crippen molar-refractivity contribution in [3.05, 3.63) is 41.0 Å². The molecule has 26 heavy (non-hydrogen) atoms. The summed E-state index contributed by atoms with van der Waals surface area (Å²) in [7, 11) is 0. The zero-order chi connectivity index (χ0) is 18.5. The third kappa shape index (κ3) is 3.85. The van der Waals surface area contributed by atoms with Crippen molar-refractivity contribution in [2.45, 2.75) is 33.1 Å². The molecule has 2 heterocycles. The van der Waals surface area contributed by atoms with E-state index in [0.717, 1.165) is 48.2 Å². The summed E-state index contributed by atoms with van der Waals surface area (Å²) in [5.74, 6) is 0.378. The smallest absolute Gasteiger partial charge is 0.348 e. The molecule has 0 amide bonds. The second-order valence-electron chi connectivity index (χ2n) is 6.60. The Morgan fingerprint density at radius 2 is 2.08 bits per heavy atom. The molecular weight excluding hydrogens is 326 g/mol. The summed E-state index contributed by atoms with van der Waals surface area (Å²) in [5, 5.41) is 10.4. The molecule has 0 radical (unpaired) electrons. The highest BCUT2D eigenvalue weighted by Crippen LogP contribution is 2.25. The van der Waals surface area contributed by atoms with Crippen LogP contribution in [0.25, 0.3) is 17.0 Å². The average molecular weight is 350 g/mol. The number of rotatable bonds is 4. The fraction of sp³-hybridized carbons (Fsp3) is 0.381. The van der Waals surface area contributed by atoms with E-state index in [1.807, 2.05) is 12.1 Å². The van der Waals surface area contributed by atoms with Gasteiger partial charge in [0.1, 0.15) is 17.2 Å². The number of esters is 1. The lowest BCUT2D eigenvalue weighted by Gasteiger charge is -2.22. The first-order chi connectivity index (χ1) is 12.6. The van der Waals surface area contributed by atoms with E-state index < -0.39 is 5.97 Å². The second-order valence-corrected chi connectivity index (χ2v) is 6.60. The Morgan fingerprint density at radius 1 is 1.31 bits per heavy atom. The van der Waals surface area contributed by atoms with Crippen molar-refractivity contribution in [3.63, 3.8) is 0 Å². The van der Waals surface area contributed by atoms with Gasteiger partial charge < -0.3 is 4.74 Å². The molecule has 1 aromatic heterocycles. The molecule has 2 aromatic rings. The number of carbonyl (C=O) groups is 1. The minimum Gasteiger partial charge on any atom is -0.462 e. The molecule has 1 N–H and O–H groups in total. The van der Waals surface area contributed by atoms with Crippen LogP contribution in [0, 0.1) is 18.3 Å². The van der Waals surface area contributed by atoms with Crippen LogP contribution in [-0.2, 0) is 9.53 Å². The number of hydrogen-bond donors (Lipinski definition) is 0. The van der Waals surface area contributed by atoms with Crippen molar-refractivity contribution in [1.82, 2.24) is 0 Å². The van der Waals surface area contributed by atoms with Crippen LogP contribution >= 0.6 is 0 Å². The molecule has 1 aliphatic rings. The number of anilines is 1. The number of nitrogens with zero attached hydrogens (tertiary/aromatic N) is 2. The number of ether oxygens (including phenoxy) is 1. The maximum absolute atomic E-state index is 12.0. The number of carbonyl (C=O) groups excluding carboxylic acids is 1. The van der Waals surface area contributed by atoms with Gasteiger partial charge in [-0.1, -0.05) is 12.1 Å². The van der Waals surface area contributed by atoms with Gasteiger partial charge in [0.05, 0.1) is 25.3 Å². The molecule has 3 rings (SSSR count). The van der Waals surface area contributed by atoms with Gasteiger partial charge in [0, 0.05) is 5.39 Å². The van der Waals surface area contributed by atoms with E-state index in [9.17, 15) is 10.1 Å².